The minimum Gasteiger partial charge on any atom is -0.444 e. The van der Waals surface area contributed by atoms with Crippen LogP contribution in [0.4, 0.5) is 31.1 Å². The van der Waals surface area contributed by atoms with E-state index in [0.717, 1.165) is 4.90 Å². The summed E-state index contributed by atoms with van der Waals surface area (Å²) >= 11 is 0. The Morgan fingerprint density at radius 2 is 1.76 bits per heavy atom. The Labute approximate surface area is 162 Å². The van der Waals surface area contributed by atoms with Crippen molar-refractivity contribution < 1.29 is 48.5 Å². The maximum absolute atomic E-state index is 14.4. The van der Waals surface area contributed by atoms with Gasteiger partial charge in [-0.3, -0.25) is 0 Å². The fourth-order valence-corrected chi connectivity index (χ4v) is 3.06. The van der Waals surface area contributed by atoms with Crippen molar-refractivity contribution in [2.24, 2.45) is 0 Å². The average molecular weight is 449 g/mol. The quantitative estimate of drug-likeness (QED) is 0.391. The van der Waals surface area contributed by atoms with Gasteiger partial charge in [0.2, 0.25) is 0 Å². The molecule has 6 nitrogen and oxygen atoms in total. The number of hydrogen-bond acceptors (Lipinski definition) is 5. The smallest absolute Gasteiger partial charge is 0.444 e. The molecule has 0 aromatic heterocycles. The number of rotatable bonds is 3. The van der Waals surface area contributed by atoms with Crippen molar-refractivity contribution in [2.45, 2.75) is 51.3 Å². The van der Waals surface area contributed by atoms with Gasteiger partial charge >= 0.3 is 21.7 Å². The summed E-state index contributed by atoms with van der Waals surface area (Å²) in [5, 5.41) is 0. The third-order valence-electron chi connectivity index (χ3n) is 3.82. The van der Waals surface area contributed by atoms with E-state index in [1.54, 1.807) is 20.8 Å². The molecule has 1 amide bonds. The lowest BCUT2D eigenvalue weighted by molar-refractivity contribution is -0.0500. The molecule has 1 heterocycles. The van der Waals surface area contributed by atoms with E-state index in [2.05, 4.69) is 4.18 Å². The molecule has 1 aromatic carbocycles. The minimum absolute atomic E-state index is 0.184. The number of carbonyl (C=O) groups excluding carboxylic acids is 1. The zero-order valence-electron chi connectivity index (χ0n) is 15.4. The first kappa shape index (κ1) is 23.1. The van der Waals surface area contributed by atoms with E-state index in [0.29, 0.717) is 0 Å². The molecule has 1 aromatic rings. The topological polar surface area (TPSA) is 72.9 Å². The summed E-state index contributed by atoms with van der Waals surface area (Å²) in [5.41, 5.74) is -8.96. The number of halogens is 6. The Hall–Kier alpha value is -2.18. The van der Waals surface area contributed by atoms with Crippen molar-refractivity contribution in [1.29, 1.82) is 0 Å². The highest BCUT2D eigenvalue weighted by Crippen LogP contribution is 2.39. The molecule has 0 atom stereocenters. The van der Waals surface area contributed by atoms with Crippen LogP contribution in [-0.2, 0) is 27.8 Å². The Kier molecular flexibility index (Phi) is 6.04. The van der Waals surface area contributed by atoms with E-state index < -0.39 is 68.5 Å². The molecule has 0 fully saturated rings. The second-order valence-electron chi connectivity index (χ2n) is 7.17. The molecular weight excluding hydrogens is 432 g/mol. The van der Waals surface area contributed by atoms with Gasteiger partial charge in [-0.05, 0) is 38.8 Å². The average Bonchev–Trinajstić information content (AvgIpc) is 2.53. The fourth-order valence-electron chi connectivity index (χ4n) is 2.58. The second-order valence-corrected chi connectivity index (χ2v) is 8.71. The minimum atomic E-state index is -6.21. The van der Waals surface area contributed by atoms with Crippen LogP contribution in [0.1, 0.15) is 43.9 Å². The van der Waals surface area contributed by atoms with Gasteiger partial charge in [-0.15, -0.1) is 0 Å². The predicted octanol–water partition coefficient (Wildman–Crippen LogP) is 4.28. The highest BCUT2D eigenvalue weighted by Gasteiger charge is 2.49. The summed E-state index contributed by atoms with van der Waals surface area (Å²) in [7, 11) is -6.21. The summed E-state index contributed by atoms with van der Waals surface area (Å²) in [4.78, 5) is 13.2. The zero-order chi connectivity index (χ0) is 22.4. The molecule has 0 saturated carbocycles. The van der Waals surface area contributed by atoms with Crippen LogP contribution in [0, 0.1) is 5.82 Å². The SMILES string of the molecule is CC(C)(C)OC(=O)N1CCc2c(F)c(C(F)F)cc(OS(=O)(=O)C(F)(F)F)c2C1. The number of alkyl halides is 5. The molecule has 1 aliphatic rings. The van der Waals surface area contributed by atoms with Gasteiger partial charge in [0, 0.05) is 12.1 Å². The molecule has 13 heteroatoms. The maximum atomic E-state index is 14.4. The summed E-state index contributed by atoms with van der Waals surface area (Å²) in [5.74, 6) is -2.52. The molecular formula is C16H17F6NO5S. The van der Waals surface area contributed by atoms with E-state index in [9.17, 15) is 39.6 Å². The zero-order valence-corrected chi connectivity index (χ0v) is 16.3. The lowest BCUT2D eigenvalue weighted by atomic mass is 9.95. The number of nitrogens with zero attached hydrogens (tertiary/aromatic N) is 1. The first-order valence-electron chi connectivity index (χ1n) is 8.14. The maximum Gasteiger partial charge on any atom is 0.534 e. The number of hydrogen-bond donors (Lipinski definition) is 0. The molecule has 29 heavy (non-hydrogen) atoms. The lowest BCUT2D eigenvalue weighted by Gasteiger charge is -2.32. The first-order chi connectivity index (χ1) is 13.0. The third-order valence-corrected chi connectivity index (χ3v) is 4.78. The molecule has 0 bridgehead atoms. The van der Waals surface area contributed by atoms with Crippen LogP contribution < -0.4 is 4.18 Å². The molecule has 2 rings (SSSR count). The van der Waals surface area contributed by atoms with Crippen LogP contribution in [0.2, 0.25) is 0 Å². The van der Waals surface area contributed by atoms with E-state index in [1.165, 1.54) is 0 Å². The van der Waals surface area contributed by atoms with Crippen LogP contribution in [0.15, 0.2) is 6.07 Å². The number of carbonyl (C=O) groups is 1. The van der Waals surface area contributed by atoms with Crippen LogP contribution >= 0.6 is 0 Å². The highest BCUT2D eigenvalue weighted by atomic mass is 32.2. The van der Waals surface area contributed by atoms with E-state index in [-0.39, 0.29) is 19.0 Å². The molecule has 1 aliphatic heterocycles. The Bertz CT molecular complexity index is 908. The van der Waals surface area contributed by atoms with Crippen LogP contribution in [0.5, 0.6) is 5.75 Å². The van der Waals surface area contributed by atoms with Gasteiger partial charge in [0.05, 0.1) is 12.1 Å². The van der Waals surface area contributed by atoms with Crippen LogP contribution in [-0.4, -0.2) is 37.1 Å². The summed E-state index contributed by atoms with van der Waals surface area (Å²) in [6.07, 6.45) is -4.69. The van der Waals surface area contributed by atoms with Crippen molar-refractivity contribution in [3.05, 3.63) is 28.6 Å². The first-order valence-corrected chi connectivity index (χ1v) is 9.55. The van der Waals surface area contributed by atoms with Gasteiger partial charge in [0.15, 0.2) is 0 Å². The third kappa shape index (κ3) is 5.06. The van der Waals surface area contributed by atoms with Crippen molar-refractivity contribution in [3.8, 4) is 5.75 Å². The summed E-state index contributed by atoms with van der Waals surface area (Å²) in [6, 6.07) is 0.195. The largest absolute Gasteiger partial charge is 0.534 e. The Balaban J connectivity index is 2.52. The number of ether oxygens (including phenoxy) is 1. The molecule has 164 valence electrons. The van der Waals surface area contributed by atoms with Crippen molar-refractivity contribution >= 4 is 16.2 Å². The standard InChI is InChI=1S/C16H17F6NO5S/c1-15(2,3)27-14(24)23-5-4-8-10(7-23)11(6-9(12(8)17)13(18)19)28-29(25,26)16(20,21)22/h6,13H,4-5,7H2,1-3H3. The van der Waals surface area contributed by atoms with Crippen molar-refractivity contribution in [1.82, 2.24) is 4.90 Å². The Morgan fingerprint density at radius 3 is 2.24 bits per heavy atom. The van der Waals surface area contributed by atoms with Crippen LogP contribution in [0.3, 0.4) is 0 Å². The van der Waals surface area contributed by atoms with Gasteiger partial charge in [-0.1, -0.05) is 0 Å². The van der Waals surface area contributed by atoms with Crippen molar-refractivity contribution in [3.63, 3.8) is 0 Å². The van der Waals surface area contributed by atoms with E-state index >= 15 is 0 Å². The molecule has 0 spiro atoms. The Morgan fingerprint density at radius 1 is 1.17 bits per heavy atom. The molecule has 0 saturated heterocycles. The van der Waals surface area contributed by atoms with E-state index in [4.69, 9.17) is 4.74 Å². The highest BCUT2D eigenvalue weighted by molar-refractivity contribution is 7.88. The lowest BCUT2D eigenvalue weighted by Crippen LogP contribution is -2.40. The number of fused-ring (bicyclic) bond motifs is 1. The molecule has 0 radical (unpaired) electrons. The molecule has 0 aliphatic carbocycles. The summed E-state index contributed by atoms with van der Waals surface area (Å²) < 4.78 is 110. The van der Waals surface area contributed by atoms with E-state index in [1.807, 2.05) is 0 Å². The summed E-state index contributed by atoms with van der Waals surface area (Å²) in [6.45, 7) is 3.90. The van der Waals surface area contributed by atoms with Crippen molar-refractivity contribution in [2.75, 3.05) is 6.54 Å². The van der Waals surface area contributed by atoms with Gasteiger partial charge in [0.1, 0.15) is 17.2 Å². The normalized spacial score (nSPS) is 15.3. The van der Waals surface area contributed by atoms with Gasteiger partial charge < -0.3 is 13.8 Å². The fraction of sp³-hybridized carbons (Fsp3) is 0.562. The molecule has 0 unspecified atom stereocenters. The number of amides is 1. The van der Waals surface area contributed by atoms with Gasteiger partial charge in [-0.2, -0.15) is 21.6 Å². The molecule has 0 N–H and O–H groups in total. The monoisotopic (exact) mass is 449 g/mol. The number of benzene rings is 1. The van der Waals surface area contributed by atoms with Crippen LogP contribution in [0.25, 0.3) is 0 Å². The van der Waals surface area contributed by atoms with Gasteiger partial charge in [0.25, 0.3) is 6.43 Å². The predicted molar refractivity (Wildman–Crippen MR) is 87.3 cm³/mol. The second kappa shape index (κ2) is 7.58. The van der Waals surface area contributed by atoms with Gasteiger partial charge in [-0.25, -0.2) is 18.0 Å².